The fourth-order valence-electron chi connectivity index (χ4n) is 11.7. The standard InChI is InChI=1S/C30H52O3/c1-19-12-14-26(5)25(4,16-19)17-21(3)30(9)27(6)15-13-22(20(2)10-11-24(32)33)29(27,8)23(31)18-28(26,30)7/h19-23,31H,10-18H2,1-9H3,(H,32,33)/t19-,20-,21-,22-,23+,25+,26+,27-,28-,29+,30+/m1/s1. The van der Waals surface area contributed by atoms with Gasteiger partial charge in [-0.25, -0.2) is 0 Å². The predicted octanol–water partition coefficient (Wildman–Crippen LogP) is 7.56. The minimum atomic E-state index is -0.698. The lowest BCUT2D eigenvalue weighted by molar-refractivity contribution is -0.331. The molecule has 190 valence electrons. The van der Waals surface area contributed by atoms with Gasteiger partial charge in [-0.2, -0.15) is 0 Å². The van der Waals surface area contributed by atoms with E-state index in [1.165, 1.54) is 25.7 Å². The van der Waals surface area contributed by atoms with Crippen molar-refractivity contribution >= 4 is 5.97 Å². The summed E-state index contributed by atoms with van der Waals surface area (Å²) in [5.74, 6) is 1.42. The summed E-state index contributed by atoms with van der Waals surface area (Å²) in [5.41, 5.74) is 0.658. The quantitative estimate of drug-likeness (QED) is 0.455. The molecule has 0 heterocycles. The van der Waals surface area contributed by atoms with Gasteiger partial charge < -0.3 is 10.2 Å². The van der Waals surface area contributed by atoms with Crippen LogP contribution < -0.4 is 0 Å². The third-order valence-electron chi connectivity index (χ3n) is 14.2. The third-order valence-corrected chi connectivity index (χ3v) is 14.2. The number of fused-ring (bicyclic) bond motifs is 5. The second kappa shape index (κ2) is 7.47. The summed E-state index contributed by atoms with van der Waals surface area (Å²) < 4.78 is 0. The molecule has 4 aliphatic rings. The number of carboxylic acid groups (broad SMARTS) is 1. The second-order valence-corrected chi connectivity index (χ2v) is 14.8. The maximum atomic E-state index is 12.1. The van der Waals surface area contributed by atoms with Gasteiger partial charge in [-0.15, -0.1) is 0 Å². The zero-order valence-electron chi connectivity index (χ0n) is 23.1. The minimum absolute atomic E-state index is 0.0430. The summed E-state index contributed by atoms with van der Waals surface area (Å²) in [6.45, 7) is 22.5. The molecular weight excluding hydrogens is 408 g/mol. The summed E-state index contributed by atoms with van der Waals surface area (Å²) >= 11 is 0. The number of carboxylic acids is 1. The first-order valence-corrected chi connectivity index (χ1v) is 13.9. The number of aliphatic hydroxyl groups excluding tert-OH is 1. The average molecular weight is 461 g/mol. The van der Waals surface area contributed by atoms with Crippen molar-refractivity contribution in [3.63, 3.8) is 0 Å². The highest BCUT2D eigenvalue weighted by Gasteiger charge is 2.80. The monoisotopic (exact) mass is 460 g/mol. The lowest BCUT2D eigenvalue weighted by atomic mass is 9.25. The van der Waals surface area contributed by atoms with E-state index in [-0.39, 0.29) is 39.6 Å². The maximum absolute atomic E-state index is 12.1. The molecule has 0 aromatic carbocycles. The van der Waals surface area contributed by atoms with E-state index in [1.54, 1.807) is 0 Å². The molecule has 4 rings (SSSR count). The molecule has 0 bridgehead atoms. The highest BCUT2D eigenvalue weighted by Crippen LogP contribution is 2.85. The minimum Gasteiger partial charge on any atom is -0.481 e. The van der Waals surface area contributed by atoms with E-state index in [9.17, 15) is 15.0 Å². The largest absolute Gasteiger partial charge is 0.481 e. The molecule has 4 saturated carbocycles. The molecule has 0 aliphatic heterocycles. The summed E-state index contributed by atoms with van der Waals surface area (Å²) in [4.78, 5) is 11.3. The molecule has 0 amide bonds. The Kier molecular flexibility index (Phi) is 5.77. The van der Waals surface area contributed by atoms with Crippen LogP contribution in [0.2, 0.25) is 0 Å². The molecule has 0 aromatic rings. The normalized spacial score (nSPS) is 57.0. The Morgan fingerprint density at radius 2 is 1.52 bits per heavy atom. The molecule has 2 N–H and O–H groups in total. The first-order valence-electron chi connectivity index (χ1n) is 13.9. The lowest BCUT2D eigenvalue weighted by Crippen LogP contribution is -2.75. The van der Waals surface area contributed by atoms with E-state index in [0.717, 1.165) is 31.6 Å². The van der Waals surface area contributed by atoms with E-state index in [1.807, 2.05) is 0 Å². The molecular formula is C30H52O3. The van der Waals surface area contributed by atoms with Crippen molar-refractivity contribution in [3.05, 3.63) is 0 Å². The molecule has 0 spiro atoms. The van der Waals surface area contributed by atoms with Gasteiger partial charge in [0.05, 0.1) is 6.10 Å². The number of aliphatic carboxylic acids is 1. The van der Waals surface area contributed by atoms with Gasteiger partial charge in [0.2, 0.25) is 0 Å². The van der Waals surface area contributed by atoms with E-state index in [0.29, 0.717) is 23.2 Å². The number of hydrogen-bond acceptors (Lipinski definition) is 2. The first kappa shape index (κ1) is 25.5. The topological polar surface area (TPSA) is 57.5 Å². The molecule has 4 fully saturated rings. The van der Waals surface area contributed by atoms with Crippen LogP contribution in [0, 0.1) is 56.2 Å². The first-order chi connectivity index (χ1) is 15.0. The smallest absolute Gasteiger partial charge is 0.303 e. The maximum Gasteiger partial charge on any atom is 0.303 e. The van der Waals surface area contributed by atoms with Crippen molar-refractivity contribution in [3.8, 4) is 0 Å². The fourth-order valence-corrected chi connectivity index (χ4v) is 11.7. The van der Waals surface area contributed by atoms with E-state index >= 15 is 0 Å². The number of hydrogen-bond donors (Lipinski definition) is 2. The zero-order chi connectivity index (χ0) is 24.8. The number of aliphatic hydroxyl groups is 1. The van der Waals surface area contributed by atoms with Crippen LogP contribution in [-0.2, 0) is 4.79 Å². The van der Waals surface area contributed by atoms with Crippen LogP contribution in [-0.4, -0.2) is 22.3 Å². The highest BCUT2D eigenvalue weighted by molar-refractivity contribution is 5.66. The van der Waals surface area contributed by atoms with Crippen molar-refractivity contribution in [2.45, 2.75) is 126 Å². The molecule has 0 saturated heterocycles. The van der Waals surface area contributed by atoms with Crippen molar-refractivity contribution < 1.29 is 15.0 Å². The average Bonchev–Trinajstić information content (AvgIpc) is 3.00. The van der Waals surface area contributed by atoms with E-state index < -0.39 is 5.97 Å². The van der Waals surface area contributed by atoms with Gasteiger partial charge in [0.25, 0.3) is 0 Å². The van der Waals surface area contributed by atoms with Crippen LogP contribution in [0.3, 0.4) is 0 Å². The van der Waals surface area contributed by atoms with Crippen molar-refractivity contribution in [1.82, 2.24) is 0 Å². The third kappa shape index (κ3) is 2.81. The van der Waals surface area contributed by atoms with Crippen LogP contribution in [0.1, 0.15) is 120 Å². The molecule has 4 aliphatic carbocycles. The van der Waals surface area contributed by atoms with Crippen molar-refractivity contribution in [2.24, 2.45) is 56.2 Å². The van der Waals surface area contributed by atoms with Crippen molar-refractivity contribution in [2.75, 3.05) is 0 Å². The van der Waals surface area contributed by atoms with Gasteiger partial charge in [-0.3, -0.25) is 4.79 Å². The van der Waals surface area contributed by atoms with Gasteiger partial charge in [0.15, 0.2) is 0 Å². The van der Waals surface area contributed by atoms with Crippen molar-refractivity contribution in [1.29, 1.82) is 0 Å². The summed E-state index contributed by atoms with van der Waals surface area (Å²) in [7, 11) is 0. The Labute approximate surface area is 203 Å². The Morgan fingerprint density at radius 3 is 2.12 bits per heavy atom. The summed E-state index contributed by atoms with van der Waals surface area (Å²) in [6, 6.07) is 0. The lowest BCUT2D eigenvalue weighted by Gasteiger charge is -2.80. The Bertz CT molecular complexity index is 808. The van der Waals surface area contributed by atoms with Gasteiger partial charge >= 0.3 is 5.97 Å². The summed E-state index contributed by atoms with van der Waals surface area (Å²) in [6.07, 6.45) is 8.99. The molecule has 3 heteroatoms. The molecule has 0 radical (unpaired) electrons. The molecule has 3 nitrogen and oxygen atoms in total. The Balaban J connectivity index is 1.82. The Hall–Kier alpha value is -0.570. The molecule has 0 unspecified atom stereocenters. The fraction of sp³-hybridized carbons (Fsp3) is 0.967. The van der Waals surface area contributed by atoms with E-state index in [4.69, 9.17) is 0 Å². The molecule has 33 heavy (non-hydrogen) atoms. The van der Waals surface area contributed by atoms with Crippen LogP contribution in [0.25, 0.3) is 0 Å². The van der Waals surface area contributed by atoms with Gasteiger partial charge in [0.1, 0.15) is 0 Å². The van der Waals surface area contributed by atoms with Gasteiger partial charge in [0, 0.05) is 11.8 Å². The zero-order valence-corrected chi connectivity index (χ0v) is 23.1. The van der Waals surface area contributed by atoms with Gasteiger partial charge in [-0.1, -0.05) is 68.7 Å². The highest BCUT2D eigenvalue weighted by atomic mass is 16.4. The van der Waals surface area contributed by atoms with Crippen LogP contribution in [0.15, 0.2) is 0 Å². The van der Waals surface area contributed by atoms with Gasteiger partial charge in [-0.05, 0) is 95.7 Å². The predicted molar refractivity (Wildman–Crippen MR) is 135 cm³/mol. The van der Waals surface area contributed by atoms with Crippen LogP contribution in [0.5, 0.6) is 0 Å². The number of rotatable bonds is 4. The molecule has 11 atom stereocenters. The van der Waals surface area contributed by atoms with E-state index in [2.05, 4.69) is 62.3 Å². The SMILES string of the molecule is C[C@@H]1CC[C@@]2(C)[C@@](C)(C1)C[C@@H](C)[C@@]1(C)[C@]3(C)CC[C@H]([C@H](C)CCC(=O)O)[C@@]3(C)[C@@H](O)C[C@]21C. The number of carbonyl (C=O) groups is 1. The summed E-state index contributed by atoms with van der Waals surface area (Å²) in [5, 5.41) is 21.4. The second-order valence-electron chi connectivity index (χ2n) is 14.8. The Morgan fingerprint density at radius 1 is 0.909 bits per heavy atom. The van der Waals surface area contributed by atoms with Crippen LogP contribution >= 0.6 is 0 Å². The molecule has 0 aromatic heterocycles. The van der Waals surface area contributed by atoms with Crippen LogP contribution in [0.4, 0.5) is 0 Å².